The first kappa shape index (κ1) is 25.5. The summed E-state index contributed by atoms with van der Waals surface area (Å²) in [7, 11) is 0. The molecule has 0 heterocycles. The van der Waals surface area contributed by atoms with Crippen molar-refractivity contribution < 1.29 is 19.1 Å². The zero-order valence-electron chi connectivity index (χ0n) is 20.9. The van der Waals surface area contributed by atoms with Crippen molar-refractivity contribution in [1.82, 2.24) is 0 Å². The van der Waals surface area contributed by atoms with Crippen molar-refractivity contribution in [2.24, 2.45) is 0 Å². The minimum atomic E-state index is -0.690. The SMILES string of the molecule is CCC(OC(=O)N(c1ccccc1)c1ccccc1)C(C)OC(=O)N(c1ccccc1)c1ccccc1. The van der Waals surface area contributed by atoms with Gasteiger partial charge in [0.25, 0.3) is 0 Å². The number of carbonyl (C=O) groups excluding carboxylic acids is 2. The summed E-state index contributed by atoms with van der Waals surface area (Å²) in [4.78, 5) is 29.8. The van der Waals surface area contributed by atoms with E-state index >= 15 is 0 Å². The number of para-hydroxylation sites is 4. The maximum absolute atomic E-state index is 13.4. The minimum Gasteiger partial charge on any atom is -0.442 e. The molecule has 188 valence electrons. The molecule has 0 spiro atoms. The highest BCUT2D eigenvalue weighted by molar-refractivity contribution is 5.97. The summed E-state index contributed by atoms with van der Waals surface area (Å²) in [5.41, 5.74) is 2.71. The highest BCUT2D eigenvalue weighted by Gasteiger charge is 2.30. The van der Waals surface area contributed by atoms with Crippen LogP contribution in [-0.4, -0.2) is 24.4 Å². The van der Waals surface area contributed by atoms with Crippen molar-refractivity contribution in [2.45, 2.75) is 32.5 Å². The summed E-state index contributed by atoms with van der Waals surface area (Å²) >= 11 is 0. The van der Waals surface area contributed by atoms with Crippen LogP contribution in [0.3, 0.4) is 0 Å². The van der Waals surface area contributed by atoms with E-state index in [1.54, 1.807) is 6.92 Å². The summed E-state index contributed by atoms with van der Waals surface area (Å²) < 4.78 is 11.8. The molecule has 0 aliphatic rings. The normalized spacial score (nSPS) is 12.2. The molecule has 4 rings (SSSR count). The van der Waals surface area contributed by atoms with Gasteiger partial charge in [0.2, 0.25) is 0 Å². The largest absolute Gasteiger partial charge is 0.442 e. The second kappa shape index (κ2) is 12.4. The van der Waals surface area contributed by atoms with E-state index in [-0.39, 0.29) is 0 Å². The fourth-order valence-electron chi connectivity index (χ4n) is 4.01. The fraction of sp³-hybridized carbons (Fsp3) is 0.161. The van der Waals surface area contributed by atoms with E-state index in [4.69, 9.17) is 9.47 Å². The molecule has 4 aromatic rings. The van der Waals surface area contributed by atoms with Crippen LogP contribution < -0.4 is 9.80 Å². The average Bonchev–Trinajstić information content (AvgIpc) is 2.94. The third-order valence-corrected chi connectivity index (χ3v) is 5.89. The Morgan fingerprint density at radius 3 is 1.16 bits per heavy atom. The highest BCUT2D eigenvalue weighted by Crippen LogP contribution is 2.29. The Kier molecular flexibility index (Phi) is 8.55. The lowest BCUT2D eigenvalue weighted by molar-refractivity contribution is 0.00388. The van der Waals surface area contributed by atoms with E-state index < -0.39 is 24.4 Å². The Bertz CT molecular complexity index is 1190. The molecule has 0 aliphatic carbocycles. The molecule has 6 nitrogen and oxygen atoms in total. The summed E-state index contributed by atoms with van der Waals surface area (Å²) in [5, 5.41) is 0. The first-order valence-electron chi connectivity index (χ1n) is 12.3. The van der Waals surface area contributed by atoms with E-state index in [0.29, 0.717) is 29.2 Å². The molecule has 2 unspecified atom stereocenters. The second-order valence-electron chi connectivity index (χ2n) is 8.43. The van der Waals surface area contributed by atoms with Crippen LogP contribution in [0.15, 0.2) is 121 Å². The van der Waals surface area contributed by atoms with Gasteiger partial charge >= 0.3 is 12.2 Å². The summed E-state index contributed by atoms with van der Waals surface area (Å²) in [6, 6.07) is 37.2. The van der Waals surface area contributed by atoms with Gasteiger partial charge < -0.3 is 9.47 Å². The van der Waals surface area contributed by atoms with Gasteiger partial charge in [-0.2, -0.15) is 0 Å². The van der Waals surface area contributed by atoms with Gasteiger partial charge in [-0.1, -0.05) is 79.7 Å². The van der Waals surface area contributed by atoms with Crippen LogP contribution in [0.5, 0.6) is 0 Å². The number of carbonyl (C=O) groups is 2. The fourth-order valence-corrected chi connectivity index (χ4v) is 4.01. The first-order valence-corrected chi connectivity index (χ1v) is 12.3. The van der Waals surface area contributed by atoms with Gasteiger partial charge in [0.05, 0.1) is 22.7 Å². The molecule has 0 aromatic heterocycles. The van der Waals surface area contributed by atoms with Crippen LogP contribution in [-0.2, 0) is 9.47 Å². The van der Waals surface area contributed by atoms with Crippen molar-refractivity contribution in [1.29, 1.82) is 0 Å². The lowest BCUT2D eigenvalue weighted by Crippen LogP contribution is -2.39. The summed E-state index contributed by atoms with van der Waals surface area (Å²) in [6.45, 7) is 3.63. The smallest absolute Gasteiger partial charge is 0.419 e. The van der Waals surface area contributed by atoms with E-state index in [1.807, 2.05) is 128 Å². The zero-order valence-corrected chi connectivity index (χ0v) is 20.9. The molecule has 0 aliphatic heterocycles. The predicted octanol–water partition coefficient (Wildman–Crippen LogP) is 8.10. The first-order chi connectivity index (χ1) is 18.1. The van der Waals surface area contributed by atoms with Gasteiger partial charge in [0.15, 0.2) is 0 Å². The molecule has 0 saturated carbocycles. The molecule has 0 saturated heterocycles. The van der Waals surface area contributed by atoms with Crippen LogP contribution in [0.25, 0.3) is 0 Å². The van der Waals surface area contributed by atoms with Crippen molar-refractivity contribution in [3.05, 3.63) is 121 Å². The number of rotatable bonds is 8. The monoisotopic (exact) mass is 494 g/mol. The van der Waals surface area contributed by atoms with Gasteiger partial charge in [-0.15, -0.1) is 0 Å². The Labute approximate surface area is 217 Å². The quantitative estimate of drug-likeness (QED) is 0.248. The summed E-state index contributed by atoms with van der Waals surface area (Å²) in [5.74, 6) is 0. The number of hydrogen-bond donors (Lipinski definition) is 0. The van der Waals surface area contributed by atoms with Gasteiger partial charge in [-0.25, -0.2) is 19.4 Å². The lowest BCUT2D eigenvalue weighted by atomic mass is 10.2. The molecular formula is C31H30N2O4. The molecule has 2 atom stereocenters. The Hall–Kier alpha value is -4.58. The maximum Gasteiger partial charge on any atom is 0.419 e. The number of hydrogen-bond acceptors (Lipinski definition) is 4. The van der Waals surface area contributed by atoms with E-state index in [9.17, 15) is 9.59 Å². The summed E-state index contributed by atoms with van der Waals surface area (Å²) in [6.07, 6.45) is -1.98. The van der Waals surface area contributed by atoms with Gasteiger partial charge in [-0.05, 0) is 61.9 Å². The van der Waals surface area contributed by atoms with Crippen molar-refractivity contribution in [2.75, 3.05) is 9.80 Å². The third kappa shape index (κ3) is 6.35. The number of ether oxygens (including phenoxy) is 2. The Morgan fingerprint density at radius 2 is 0.865 bits per heavy atom. The topological polar surface area (TPSA) is 59.1 Å². The molecule has 37 heavy (non-hydrogen) atoms. The van der Waals surface area contributed by atoms with Crippen LogP contribution in [0.4, 0.5) is 32.3 Å². The van der Waals surface area contributed by atoms with Crippen LogP contribution in [0, 0.1) is 0 Å². The van der Waals surface area contributed by atoms with Gasteiger partial charge in [-0.3, -0.25) is 0 Å². The molecule has 0 bridgehead atoms. The molecule has 4 aromatic carbocycles. The third-order valence-electron chi connectivity index (χ3n) is 5.89. The molecule has 2 amide bonds. The number of anilines is 4. The van der Waals surface area contributed by atoms with Gasteiger partial charge in [0, 0.05) is 0 Å². The highest BCUT2D eigenvalue weighted by atomic mass is 16.6. The van der Waals surface area contributed by atoms with Gasteiger partial charge in [0.1, 0.15) is 12.2 Å². The van der Waals surface area contributed by atoms with Crippen LogP contribution >= 0.6 is 0 Å². The minimum absolute atomic E-state index is 0.467. The second-order valence-corrected chi connectivity index (χ2v) is 8.43. The molecule has 0 fully saturated rings. The van der Waals surface area contributed by atoms with E-state index in [1.165, 1.54) is 9.80 Å². The van der Waals surface area contributed by atoms with E-state index in [0.717, 1.165) is 0 Å². The van der Waals surface area contributed by atoms with Crippen LogP contribution in [0.1, 0.15) is 20.3 Å². The molecule has 6 heteroatoms. The molecule has 0 N–H and O–H groups in total. The number of nitrogens with zero attached hydrogens (tertiary/aromatic N) is 2. The Balaban J connectivity index is 1.53. The Morgan fingerprint density at radius 1 is 0.568 bits per heavy atom. The maximum atomic E-state index is 13.4. The number of benzene rings is 4. The zero-order chi connectivity index (χ0) is 26.0. The average molecular weight is 495 g/mol. The van der Waals surface area contributed by atoms with Crippen molar-refractivity contribution >= 4 is 34.9 Å². The van der Waals surface area contributed by atoms with E-state index in [2.05, 4.69) is 0 Å². The number of amides is 2. The molecular weight excluding hydrogens is 464 g/mol. The lowest BCUT2D eigenvalue weighted by Gasteiger charge is -2.30. The van der Waals surface area contributed by atoms with Crippen molar-refractivity contribution in [3.63, 3.8) is 0 Å². The predicted molar refractivity (Wildman–Crippen MR) is 147 cm³/mol. The van der Waals surface area contributed by atoms with Crippen LogP contribution in [0.2, 0.25) is 0 Å². The van der Waals surface area contributed by atoms with Crippen molar-refractivity contribution in [3.8, 4) is 0 Å². The standard InChI is InChI=1S/C31H30N2O4/c1-3-29(37-31(35)33(27-20-12-6-13-21-27)28-22-14-7-15-23-28)24(2)36-30(34)32(25-16-8-4-9-17-25)26-18-10-5-11-19-26/h4-24,29H,3H2,1-2H3. The molecule has 0 radical (unpaired) electrons.